The van der Waals surface area contributed by atoms with Crippen LogP contribution in [0.2, 0.25) is 0 Å². The Morgan fingerprint density at radius 2 is 2.43 bits per heavy atom. The van der Waals surface area contributed by atoms with E-state index < -0.39 is 0 Å². The smallest absolute Gasteiger partial charge is 0.254 e. The number of rotatable bonds is 3. The summed E-state index contributed by atoms with van der Waals surface area (Å²) in [6.07, 6.45) is 5.60. The van der Waals surface area contributed by atoms with Crippen molar-refractivity contribution >= 4 is 5.91 Å². The first-order valence-electron chi connectivity index (χ1n) is 4.64. The number of hydrogen-bond donors (Lipinski definition) is 1. The Bertz CT molecular complexity index is 348. The summed E-state index contributed by atoms with van der Waals surface area (Å²) in [5.41, 5.74) is 0.550. The SMILES string of the molecule is CNC(=O)c1ccncc1OC1CC1. The van der Waals surface area contributed by atoms with Crippen LogP contribution in [0.25, 0.3) is 0 Å². The second kappa shape index (κ2) is 3.65. The van der Waals surface area contributed by atoms with Crippen LogP contribution in [0.15, 0.2) is 18.5 Å². The average molecular weight is 192 g/mol. The average Bonchev–Trinajstić information content (AvgIpc) is 3.01. The van der Waals surface area contributed by atoms with Gasteiger partial charge in [0.1, 0.15) is 0 Å². The Kier molecular flexibility index (Phi) is 2.35. The van der Waals surface area contributed by atoms with Gasteiger partial charge in [0.15, 0.2) is 5.75 Å². The van der Waals surface area contributed by atoms with Gasteiger partial charge in [-0.3, -0.25) is 9.78 Å². The molecule has 1 amide bonds. The lowest BCUT2D eigenvalue weighted by Crippen LogP contribution is -2.19. The van der Waals surface area contributed by atoms with E-state index >= 15 is 0 Å². The molecule has 0 saturated heterocycles. The lowest BCUT2D eigenvalue weighted by Gasteiger charge is -2.08. The first-order chi connectivity index (χ1) is 6.81. The lowest BCUT2D eigenvalue weighted by atomic mass is 10.2. The quantitative estimate of drug-likeness (QED) is 0.776. The van der Waals surface area contributed by atoms with Crippen molar-refractivity contribution in [1.82, 2.24) is 10.3 Å². The number of hydrogen-bond acceptors (Lipinski definition) is 3. The van der Waals surface area contributed by atoms with Crippen molar-refractivity contribution in [3.05, 3.63) is 24.0 Å². The fourth-order valence-electron chi connectivity index (χ4n) is 1.16. The maximum absolute atomic E-state index is 11.4. The van der Waals surface area contributed by atoms with Gasteiger partial charge in [-0.2, -0.15) is 0 Å². The fourth-order valence-corrected chi connectivity index (χ4v) is 1.16. The molecule has 1 saturated carbocycles. The monoisotopic (exact) mass is 192 g/mol. The topological polar surface area (TPSA) is 51.2 Å². The number of amides is 1. The highest BCUT2D eigenvalue weighted by Crippen LogP contribution is 2.28. The first kappa shape index (κ1) is 8.99. The van der Waals surface area contributed by atoms with Crippen LogP contribution in [0.4, 0.5) is 0 Å². The molecule has 4 heteroatoms. The number of nitrogens with one attached hydrogen (secondary N) is 1. The van der Waals surface area contributed by atoms with Crippen molar-refractivity contribution < 1.29 is 9.53 Å². The molecule has 14 heavy (non-hydrogen) atoms. The lowest BCUT2D eigenvalue weighted by molar-refractivity contribution is 0.0958. The second-order valence-corrected chi connectivity index (χ2v) is 3.27. The first-order valence-corrected chi connectivity index (χ1v) is 4.64. The highest BCUT2D eigenvalue weighted by molar-refractivity contribution is 5.96. The van der Waals surface area contributed by atoms with Gasteiger partial charge in [0.05, 0.1) is 17.9 Å². The van der Waals surface area contributed by atoms with Gasteiger partial charge < -0.3 is 10.1 Å². The molecule has 0 spiro atoms. The molecular weight excluding hydrogens is 180 g/mol. The zero-order valence-corrected chi connectivity index (χ0v) is 7.99. The number of pyridine rings is 1. The van der Waals surface area contributed by atoms with E-state index in [1.54, 1.807) is 25.5 Å². The molecule has 0 unspecified atom stereocenters. The number of carbonyl (C=O) groups excluding carboxylic acids is 1. The number of ether oxygens (including phenoxy) is 1. The van der Waals surface area contributed by atoms with Gasteiger partial charge in [-0.05, 0) is 18.9 Å². The molecule has 0 aromatic carbocycles. The van der Waals surface area contributed by atoms with Crippen molar-refractivity contribution in [2.75, 3.05) is 7.05 Å². The van der Waals surface area contributed by atoms with Crippen LogP contribution < -0.4 is 10.1 Å². The third kappa shape index (κ3) is 1.84. The van der Waals surface area contributed by atoms with Crippen LogP contribution >= 0.6 is 0 Å². The summed E-state index contributed by atoms with van der Waals surface area (Å²) < 4.78 is 5.56. The Balaban J connectivity index is 2.22. The van der Waals surface area contributed by atoms with E-state index in [1.165, 1.54) is 0 Å². The molecule has 0 bridgehead atoms. The van der Waals surface area contributed by atoms with Gasteiger partial charge in [-0.1, -0.05) is 0 Å². The van der Waals surface area contributed by atoms with Crippen molar-refractivity contribution in [2.45, 2.75) is 18.9 Å². The van der Waals surface area contributed by atoms with E-state index in [2.05, 4.69) is 10.3 Å². The molecule has 4 nitrogen and oxygen atoms in total. The summed E-state index contributed by atoms with van der Waals surface area (Å²) in [5, 5.41) is 2.57. The van der Waals surface area contributed by atoms with Crippen LogP contribution in [-0.4, -0.2) is 24.0 Å². The third-order valence-electron chi connectivity index (χ3n) is 2.07. The normalized spacial score (nSPS) is 14.9. The zero-order valence-electron chi connectivity index (χ0n) is 7.99. The van der Waals surface area contributed by atoms with Gasteiger partial charge in [0.2, 0.25) is 0 Å². The minimum absolute atomic E-state index is 0.136. The fraction of sp³-hybridized carbons (Fsp3) is 0.400. The molecule has 74 valence electrons. The molecule has 1 N–H and O–H groups in total. The summed E-state index contributed by atoms with van der Waals surface area (Å²) >= 11 is 0. The summed E-state index contributed by atoms with van der Waals surface area (Å²) in [7, 11) is 1.60. The van der Waals surface area contributed by atoms with Gasteiger partial charge >= 0.3 is 0 Å². The molecule has 1 aliphatic rings. The van der Waals surface area contributed by atoms with Crippen LogP contribution in [0, 0.1) is 0 Å². The minimum atomic E-state index is -0.136. The van der Waals surface area contributed by atoms with Gasteiger partial charge in [-0.15, -0.1) is 0 Å². The summed E-state index contributed by atoms with van der Waals surface area (Å²) in [4.78, 5) is 15.4. The van der Waals surface area contributed by atoms with E-state index in [1.807, 2.05) is 0 Å². The Hall–Kier alpha value is -1.58. The molecule has 1 fully saturated rings. The zero-order chi connectivity index (χ0) is 9.97. The Morgan fingerprint density at radius 3 is 3.07 bits per heavy atom. The highest BCUT2D eigenvalue weighted by Gasteiger charge is 2.25. The maximum atomic E-state index is 11.4. The van der Waals surface area contributed by atoms with Crippen LogP contribution in [0.1, 0.15) is 23.2 Å². The Morgan fingerprint density at radius 1 is 1.64 bits per heavy atom. The summed E-state index contributed by atoms with van der Waals surface area (Å²) in [5.74, 6) is 0.442. The van der Waals surface area contributed by atoms with Crippen molar-refractivity contribution in [1.29, 1.82) is 0 Å². The molecule has 0 atom stereocenters. The standard InChI is InChI=1S/C10H12N2O2/c1-11-10(13)8-4-5-12-6-9(8)14-7-2-3-7/h4-7H,2-3H2,1H3,(H,11,13). The predicted octanol–water partition coefficient (Wildman–Crippen LogP) is 0.982. The molecule has 1 aromatic rings. The highest BCUT2D eigenvalue weighted by atomic mass is 16.5. The van der Waals surface area contributed by atoms with Crippen molar-refractivity contribution in [2.24, 2.45) is 0 Å². The summed E-state index contributed by atoms with van der Waals surface area (Å²) in [6.45, 7) is 0. The van der Waals surface area contributed by atoms with E-state index in [-0.39, 0.29) is 12.0 Å². The predicted molar refractivity (Wildman–Crippen MR) is 51.3 cm³/mol. The molecular formula is C10H12N2O2. The van der Waals surface area contributed by atoms with E-state index in [0.717, 1.165) is 12.8 Å². The van der Waals surface area contributed by atoms with Crippen molar-refractivity contribution in [3.63, 3.8) is 0 Å². The number of carbonyl (C=O) groups is 1. The van der Waals surface area contributed by atoms with E-state index in [4.69, 9.17) is 4.74 Å². The number of nitrogens with zero attached hydrogens (tertiary/aromatic N) is 1. The maximum Gasteiger partial charge on any atom is 0.254 e. The Labute approximate surface area is 82.3 Å². The van der Waals surface area contributed by atoms with Gasteiger partial charge in [0.25, 0.3) is 5.91 Å². The van der Waals surface area contributed by atoms with E-state index in [9.17, 15) is 4.79 Å². The molecule has 1 heterocycles. The second-order valence-electron chi connectivity index (χ2n) is 3.27. The molecule has 0 radical (unpaired) electrons. The van der Waals surface area contributed by atoms with Crippen LogP contribution in [-0.2, 0) is 0 Å². The van der Waals surface area contributed by atoms with Crippen LogP contribution in [0.3, 0.4) is 0 Å². The van der Waals surface area contributed by atoms with Crippen LogP contribution in [0.5, 0.6) is 5.75 Å². The van der Waals surface area contributed by atoms with E-state index in [0.29, 0.717) is 11.3 Å². The molecule has 1 aliphatic carbocycles. The largest absolute Gasteiger partial charge is 0.488 e. The van der Waals surface area contributed by atoms with Gasteiger partial charge in [0, 0.05) is 13.2 Å². The minimum Gasteiger partial charge on any atom is -0.488 e. The molecule has 1 aromatic heterocycles. The third-order valence-corrected chi connectivity index (χ3v) is 2.07. The van der Waals surface area contributed by atoms with Crippen molar-refractivity contribution in [3.8, 4) is 5.75 Å². The molecule has 2 rings (SSSR count). The summed E-state index contributed by atoms with van der Waals surface area (Å²) in [6, 6.07) is 1.66. The molecule has 0 aliphatic heterocycles. The van der Waals surface area contributed by atoms with Gasteiger partial charge in [-0.25, -0.2) is 0 Å². The number of aromatic nitrogens is 1.